The topological polar surface area (TPSA) is 13.7 Å². The van der Waals surface area contributed by atoms with Gasteiger partial charge in [-0.15, -0.1) is 0 Å². The number of nitrogens with one attached hydrogen (secondary N) is 1. The van der Waals surface area contributed by atoms with Crippen molar-refractivity contribution < 1.29 is 22.8 Å². The molecule has 1 aliphatic rings. The smallest absolute Gasteiger partial charge is 0.370 e. The Hall–Kier alpha value is -1.07. The molecule has 0 bridgehead atoms. The quantitative estimate of drug-likeness (QED) is 0.825. The van der Waals surface area contributed by atoms with Crippen molar-refractivity contribution in [2.24, 2.45) is 0 Å². The summed E-state index contributed by atoms with van der Waals surface area (Å²) >= 11 is 0. The van der Waals surface area contributed by atoms with Crippen LogP contribution in [0.2, 0.25) is 0 Å². The number of hydrogen-bond acceptors (Lipinski definition) is 1. The summed E-state index contributed by atoms with van der Waals surface area (Å²) in [5.41, 5.74) is 0.166. The number of quaternary nitrogens is 1. The van der Waals surface area contributed by atoms with Gasteiger partial charge in [-0.2, -0.15) is 13.2 Å². The van der Waals surface area contributed by atoms with E-state index < -0.39 is 11.7 Å². The number of ether oxygens (including phenoxy) is 1. The molecule has 0 atom stereocenters. The van der Waals surface area contributed by atoms with Crippen LogP contribution in [0.25, 0.3) is 0 Å². The standard InChI is InChI=1S/C12H14F3NO/c13-12(14,15)11-3-1-2-10(8-11)9-16-4-6-17-7-5-16/h1-3,8H,4-7,9H2/p+1. The van der Waals surface area contributed by atoms with Gasteiger partial charge in [0.1, 0.15) is 19.6 Å². The second-order valence-electron chi connectivity index (χ2n) is 4.24. The Kier molecular flexibility index (Phi) is 3.69. The molecule has 1 fully saturated rings. The van der Waals surface area contributed by atoms with Gasteiger partial charge in [0.05, 0.1) is 18.8 Å². The summed E-state index contributed by atoms with van der Waals surface area (Å²) in [6, 6.07) is 5.57. The molecule has 0 aliphatic carbocycles. The Morgan fingerprint density at radius 2 is 1.88 bits per heavy atom. The van der Waals surface area contributed by atoms with Gasteiger partial charge in [-0.05, 0) is 12.1 Å². The number of morpholine rings is 1. The lowest BCUT2D eigenvalue weighted by Crippen LogP contribution is -3.12. The summed E-state index contributed by atoms with van der Waals surface area (Å²) in [5.74, 6) is 0. The second-order valence-corrected chi connectivity index (χ2v) is 4.24. The minimum atomic E-state index is -4.25. The van der Waals surface area contributed by atoms with Crippen LogP contribution in [0.15, 0.2) is 24.3 Å². The van der Waals surface area contributed by atoms with Gasteiger partial charge in [-0.1, -0.05) is 12.1 Å². The molecular formula is C12H15F3NO+. The maximum Gasteiger partial charge on any atom is 0.416 e. The molecule has 1 aliphatic heterocycles. The van der Waals surface area contributed by atoms with Crippen LogP contribution in [-0.4, -0.2) is 26.3 Å². The van der Waals surface area contributed by atoms with Crippen LogP contribution in [0.4, 0.5) is 13.2 Å². The van der Waals surface area contributed by atoms with Crippen LogP contribution >= 0.6 is 0 Å². The molecule has 0 radical (unpaired) electrons. The fourth-order valence-corrected chi connectivity index (χ4v) is 1.98. The molecule has 1 saturated heterocycles. The Labute approximate surface area is 98.0 Å². The molecule has 0 amide bonds. The van der Waals surface area contributed by atoms with E-state index in [1.54, 1.807) is 6.07 Å². The van der Waals surface area contributed by atoms with Gasteiger partial charge in [0.2, 0.25) is 0 Å². The predicted octanol–water partition coefficient (Wildman–Crippen LogP) is 1.12. The first kappa shape index (κ1) is 12.4. The Morgan fingerprint density at radius 3 is 2.53 bits per heavy atom. The van der Waals surface area contributed by atoms with Crippen molar-refractivity contribution in [1.82, 2.24) is 0 Å². The van der Waals surface area contributed by atoms with Gasteiger partial charge in [0.25, 0.3) is 0 Å². The fraction of sp³-hybridized carbons (Fsp3) is 0.500. The first-order valence-corrected chi connectivity index (χ1v) is 5.63. The third-order valence-corrected chi connectivity index (χ3v) is 2.91. The predicted molar refractivity (Wildman–Crippen MR) is 56.7 cm³/mol. The number of benzene rings is 1. The number of halogens is 3. The third-order valence-electron chi connectivity index (χ3n) is 2.91. The number of alkyl halides is 3. The van der Waals surface area contributed by atoms with Gasteiger partial charge < -0.3 is 9.64 Å². The average molecular weight is 246 g/mol. The normalized spacial score (nSPS) is 18.3. The largest absolute Gasteiger partial charge is 0.416 e. The Morgan fingerprint density at radius 1 is 1.18 bits per heavy atom. The maximum absolute atomic E-state index is 12.5. The van der Waals surface area contributed by atoms with E-state index in [-0.39, 0.29) is 0 Å². The van der Waals surface area contributed by atoms with Gasteiger partial charge in [-0.25, -0.2) is 0 Å². The van der Waals surface area contributed by atoms with Crippen molar-refractivity contribution in [2.75, 3.05) is 26.3 Å². The summed E-state index contributed by atoms with van der Waals surface area (Å²) in [6.45, 7) is 3.72. The monoisotopic (exact) mass is 246 g/mol. The first-order valence-electron chi connectivity index (χ1n) is 5.63. The summed E-state index contributed by atoms with van der Waals surface area (Å²) in [7, 11) is 0. The molecule has 0 spiro atoms. The number of rotatable bonds is 2. The molecule has 1 heterocycles. The molecule has 1 aromatic rings. The molecule has 2 nitrogen and oxygen atoms in total. The van der Waals surface area contributed by atoms with Crippen molar-refractivity contribution in [2.45, 2.75) is 12.7 Å². The highest BCUT2D eigenvalue weighted by Gasteiger charge is 2.30. The van der Waals surface area contributed by atoms with Crippen molar-refractivity contribution in [3.8, 4) is 0 Å². The average Bonchev–Trinajstić information content (AvgIpc) is 2.29. The van der Waals surface area contributed by atoms with Crippen molar-refractivity contribution >= 4 is 0 Å². The van der Waals surface area contributed by atoms with Crippen molar-refractivity contribution in [1.29, 1.82) is 0 Å². The molecule has 1 N–H and O–H groups in total. The summed E-state index contributed by atoms with van der Waals surface area (Å²) < 4.78 is 42.8. The maximum atomic E-state index is 12.5. The van der Waals surface area contributed by atoms with E-state index >= 15 is 0 Å². The van der Waals surface area contributed by atoms with Crippen LogP contribution in [0.3, 0.4) is 0 Å². The lowest BCUT2D eigenvalue weighted by molar-refractivity contribution is -0.921. The van der Waals surface area contributed by atoms with E-state index in [1.165, 1.54) is 17.0 Å². The highest BCUT2D eigenvalue weighted by atomic mass is 19.4. The molecule has 94 valence electrons. The van der Waals surface area contributed by atoms with Gasteiger partial charge in [0.15, 0.2) is 0 Å². The van der Waals surface area contributed by atoms with Crippen LogP contribution in [0.5, 0.6) is 0 Å². The second kappa shape index (κ2) is 5.06. The molecule has 1 aromatic carbocycles. The van der Waals surface area contributed by atoms with Crippen molar-refractivity contribution in [3.05, 3.63) is 35.4 Å². The minimum Gasteiger partial charge on any atom is -0.370 e. The van der Waals surface area contributed by atoms with E-state index in [9.17, 15) is 13.2 Å². The SMILES string of the molecule is FC(F)(F)c1cccc(C[NH+]2CCOCC2)c1. The van der Waals surface area contributed by atoms with Crippen LogP contribution in [0.1, 0.15) is 11.1 Å². The molecule has 0 saturated carbocycles. The molecule has 0 unspecified atom stereocenters. The molecule has 2 rings (SSSR count). The zero-order valence-electron chi connectivity index (χ0n) is 9.39. The van der Waals surface area contributed by atoms with Gasteiger partial charge in [-0.3, -0.25) is 0 Å². The Balaban J connectivity index is 2.05. The Bertz CT molecular complexity index is 372. The van der Waals surface area contributed by atoms with Crippen LogP contribution in [-0.2, 0) is 17.5 Å². The highest BCUT2D eigenvalue weighted by molar-refractivity contribution is 5.24. The molecule has 17 heavy (non-hydrogen) atoms. The minimum absolute atomic E-state index is 0.567. The zero-order valence-corrected chi connectivity index (χ0v) is 9.39. The van der Waals surface area contributed by atoms with Crippen LogP contribution in [0, 0.1) is 0 Å². The van der Waals surface area contributed by atoms with Gasteiger partial charge >= 0.3 is 6.18 Å². The van der Waals surface area contributed by atoms with E-state index in [0.717, 1.165) is 24.7 Å². The number of hydrogen-bond donors (Lipinski definition) is 1. The molecule has 0 aromatic heterocycles. The summed E-state index contributed by atoms with van der Waals surface area (Å²) in [4.78, 5) is 1.27. The molecular weight excluding hydrogens is 231 g/mol. The lowest BCUT2D eigenvalue weighted by atomic mass is 10.1. The fourth-order valence-electron chi connectivity index (χ4n) is 1.98. The first-order chi connectivity index (χ1) is 8.05. The van der Waals surface area contributed by atoms with E-state index in [2.05, 4.69) is 0 Å². The third kappa shape index (κ3) is 3.44. The highest BCUT2D eigenvalue weighted by Crippen LogP contribution is 2.29. The summed E-state index contributed by atoms with van der Waals surface area (Å²) in [6.07, 6.45) is -4.25. The van der Waals surface area contributed by atoms with E-state index in [4.69, 9.17) is 4.74 Å². The lowest BCUT2D eigenvalue weighted by Gasteiger charge is -2.24. The van der Waals surface area contributed by atoms with Gasteiger partial charge in [0, 0.05) is 5.56 Å². The van der Waals surface area contributed by atoms with Crippen molar-refractivity contribution in [3.63, 3.8) is 0 Å². The molecule has 5 heteroatoms. The van der Waals surface area contributed by atoms with E-state index in [1.807, 2.05) is 0 Å². The zero-order chi connectivity index (χ0) is 12.3. The van der Waals surface area contributed by atoms with E-state index in [0.29, 0.717) is 19.8 Å². The van der Waals surface area contributed by atoms with Crippen LogP contribution < -0.4 is 4.90 Å². The summed E-state index contributed by atoms with van der Waals surface area (Å²) in [5, 5.41) is 0.